The number of benzene rings is 2. The Morgan fingerprint density at radius 2 is 1.70 bits per heavy atom. The van der Waals surface area contributed by atoms with Crippen molar-refractivity contribution in [1.82, 2.24) is 13.9 Å². The lowest BCUT2D eigenvalue weighted by molar-refractivity contribution is -0.116. The molecule has 4 rings (SSSR count). The van der Waals surface area contributed by atoms with Gasteiger partial charge in [0.1, 0.15) is 12.2 Å². The number of anilines is 1. The summed E-state index contributed by atoms with van der Waals surface area (Å²) in [5.74, 6) is -0.234. The van der Waals surface area contributed by atoms with Gasteiger partial charge in [-0.2, -0.15) is 0 Å². The lowest BCUT2D eigenvalue weighted by atomic mass is 10.2. The highest BCUT2D eigenvalue weighted by Crippen LogP contribution is 2.16. The molecule has 0 radical (unpaired) electrons. The fourth-order valence-corrected chi connectivity index (χ4v) is 3.32. The molecule has 0 aliphatic rings. The molecule has 0 aliphatic heterocycles. The van der Waals surface area contributed by atoms with Crippen molar-refractivity contribution in [3.63, 3.8) is 0 Å². The van der Waals surface area contributed by atoms with Gasteiger partial charge in [0.25, 0.3) is 5.56 Å². The maximum atomic E-state index is 12.9. The number of carbonyl (C=O) groups excluding carboxylic acids is 1. The van der Waals surface area contributed by atoms with Gasteiger partial charge < -0.3 is 9.88 Å². The Hall–Kier alpha value is -3.54. The van der Waals surface area contributed by atoms with Gasteiger partial charge in [-0.05, 0) is 36.6 Å². The van der Waals surface area contributed by atoms with Crippen molar-refractivity contribution < 1.29 is 4.79 Å². The van der Waals surface area contributed by atoms with E-state index in [1.807, 2.05) is 78.4 Å². The number of rotatable bonds is 4. The summed E-state index contributed by atoms with van der Waals surface area (Å²) >= 11 is 0. The highest BCUT2D eigenvalue weighted by molar-refractivity contribution is 5.92. The summed E-state index contributed by atoms with van der Waals surface area (Å²) in [4.78, 5) is 25.5. The minimum absolute atomic E-state index is 0.145. The number of para-hydroxylation sites is 2. The lowest BCUT2D eigenvalue weighted by Gasteiger charge is -2.07. The standard InChI is InChI=1S/C21H20N4O2/c1-15-20(21(27)25(23(15)2)17-9-4-3-5-10-17)22-19(26)14-24-13-12-16-8-6-7-11-18(16)24/h3-13H,14H2,1-2H3,(H,22,26). The van der Waals surface area contributed by atoms with Crippen molar-refractivity contribution in [2.24, 2.45) is 7.05 Å². The van der Waals surface area contributed by atoms with Crippen LogP contribution in [0.2, 0.25) is 0 Å². The Labute approximate surface area is 156 Å². The molecule has 6 nitrogen and oxygen atoms in total. The Bertz CT molecular complexity index is 1180. The molecule has 0 spiro atoms. The first-order chi connectivity index (χ1) is 13.1. The first-order valence-electron chi connectivity index (χ1n) is 8.74. The quantitative estimate of drug-likeness (QED) is 0.608. The van der Waals surface area contributed by atoms with E-state index < -0.39 is 0 Å². The molecule has 2 heterocycles. The molecule has 1 N–H and O–H groups in total. The first kappa shape index (κ1) is 16.9. The molecule has 4 aromatic rings. The molecule has 136 valence electrons. The SMILES string of the molecule is Cc1c(NC(=O)Cn2ccc3ccccc32)c(=O)n(-c2ccccc2)n1C. The minimum atomic E-state index is -0.244. The third kappa shape index (κ3) is 2.95. The molecule has 0 unspecified atom stereocenters. The number of carbonyl (C=O) groups is 1. The van der Waals surface area contributed by atoms with Gasteiger partial charge in [0, 0.05) is 18.8 Å². The number of amides is 1. The van der Waals surface area contributed by atoms with Crippen LogP contribution in [0.1, 0.15) is 5.69 Å². The summed E-state index contributed by atoms with van der Waals surface area (Å²) in [6.45, 7) is 1.97. The van der Waals surface area contributed by atoms with Crippen LogP contribution in [0.15, 0.2) is 71.7 Å². The van der Waals surface area contributed by atoms with Crippen LogP contribution >= 0.6 is 0 Å². The monoisotopic (exact) mass is 360 g/mol. The number of hydrogen-bond acceptors (Lipinski definition) is 2. The Kier molecular flexibility index (Phi) is 4.16. The van der Waals surface area contributed by atoms with E-state index in [-0.39, 0.29) is 18.0 Å². The zero-order chi connectivity index (χ0) is 19.0. The van der Waals surface area contributed by atoms with Gasteiger partial charge in [-0.1, -0.05) is 36.4 Å². The maximum Gasteiger partial charge on any atom is 0.295 e. The van der Waals surface area contributed by atoms with E-state index in [0.29, 0.717) is 11.4 Å². The van der Waals surface area contributed by atoms with Gasteiger partial charge in [-0.25, -0.2) is 4.68 Å². The zero-order valence-electron chi connectivity index (χ0n) is 15.2. The molecule has 1 amide bonds. The molecule has 2 aromatic carbocycles. The molecule has 27 heavy (non-hydrogen) atoms. The first-order valence-corrected chi connectivity index (χ1v) is 8.74. The molecule has 0 bridgehead atoms. The largest absolute Gasteiger partial charge is 0.338 e. The molecule has 2 aromatic heterocycles. The van der Waals surface area contributed by atoms with Gasteiger partial charge in [0.05, 0.1) is 11.4 Å². The molecular formula is C21H20N4O2. The molecule has 0 fully saturated rings. The fourth-order valence-electron chi connectivity index (χ4n) is 3.32. The van der Waals surface area contributed by atoms with E-state index in [4.69, 9.17) is 0 Å². The van der Waals surface area contributed by atoms with Crippen molar-refractivity contribution in [2.45, 2.75) is 13.5 Å². The van der Waals surface area contributed by atoms with Crippen LogP contribution in [0.4, 0.5) is 5.69 Å². The van der Waals surface area contributed by atoms with E-state index in [9.17, 15) is 9.59 Å². The second kappa shape index (κ2) is 6.64. The summed E-state index contributed by atoms with van der Waals surface area (Å²) < 4.78 is 5.17. The van der Waals surface area contributed by atoms with Gasteiger partial charge >= 0.3 is 0 Å². The summed E-state index contributed by atoms with van der Waals surface area (Å²) in [6.07, 6.45) is 1.88. The Morgan fingerprint density at radius 1 is 1.00 bits per heavy atom. The van der Waals surface area contributed by atoms with Crippen LogP contribution in [0, 0.1) is 6.92 Å². The van der Waals surface area contributed by atoms with E-state index in [1.54, 1.807) is 16.4 Å². The second-order valence-corrected chi connectivity index (χ2v) is 6.49. The molecular weight excluding hydrogens is 340 g/mol. The zero-order valence-corrected chi connectivity index (χ0v) is 15.2. The minimum Gasteiger partial charge on any atom is -0.338 e. The van der Waals surface area contributed by atoms with Crippen LogP contribution in [0.5, 0.6) is 0 Å². The van der Waals surface area contributed by atoms with Crippen LogP contribution in [-0.4, -0.2) is 19.8 Å². The molecule has 6 heteroatoms. The van der Waals surface area contributed by atoms with Crippen LogP contribution in [0.3, 0.4) is 0 Å². The smallest absolute Gasteiger partial charge is 0.295 e. The third-order valence-electron chi connectivity index (χ3n) is 4.81. The highest BCUT2D eigenvalue weighted by atomic mass is 16.2. The molecule has 0 aliphatic carbocycles. The van der Waals surface area contributed by atoms with E-state index in [1.165, 1.54) is 0 Å². The average Bonchev–Trinajstić information content (AvgIpc) is 3.17. The van der Waals surface area contributed by atoms with E-state index in [0.717, 1.165) is 16.6 Å². The van der Waals surface area contributed by atoms with Crippen molar-refractivity contribution in [3.05, 3.63) is 82.9 Å². The molecule has 0 atom stereocenters. The van der Waals surface area contributed by atoms with Crippen LogP contribution < -0.4 is 10.9 Å². The number of nitrogens with zero attached hydrogens (tertiary/aromatic N) is 3. The second-order valence-electron chi connectivity index (χ2n) is 6.49. The summed E-state index contributed by atoms with van der Waals surface area (Å²) in [6, 6.07) is 19.2. The topological polar surface area (TPSA) is 61.0 Å². The van der Waals surface area contributed by atoms with E-state index >= 15 is 0 Å². The van der Waals surface area contributed by atoms with Crippen molar-refractivity contribution in [3.8, 4) is 5.69 Å². The normalized spacial score (nSPS) is 11.0. The summed E-state index contributed by atoms with van der Waals surface area (Å²) in [5, 5.41) is 3.88. The fraction of sp³-hybridized carbons (Fsp3) is 0.143. The predicted molar refractivity (Wildman–Crippen MR) is 106 cm³/mol. The van der Waals surface area contributed by atoms with Gasteiger partial charge in [-0.15, -0.1) is 0 Å². The number of fused-ring (bicyclic) bond motifs is 1. The molecule has 0 saturated heterocycles. The van der Waals surface area contributed by atoms with Crippen LogP contribution in [-0.2, 0) is 18.4 Å². The van der Waals surface area contributed by atoms with Crippen molar-refractivity contribution >= 4 is 22.5 Å². The van der Waals surface area contributed by atoms with Crippen molar-refractivity contribution in [1.29, 1.82) is 0 Å². The average molecular weight is 360 g/mol. The van der Waals surface area contributed by atoms with Gasteiger partial charge in [0.2, 0.25) is 5.91 Å². The third-order valence-corrected chi connectivity index (χ3v) is 4.81. The van der Waals surface area contributed by atoms with Crippen molar-refractivity contribution in [2.75, 3.05) is 5.32 Å². The van der Waals surface area contributed by atoms with Gasteiger partial charge in [0.15, 0.2) is 0 Å². The summed E-state index contributed by atoms with van der Waals surface area (Å²) in [7, 11) is 1.80. The highest BCUT2D eigenvalue weighted by Gasteiger charge is 2.18. The Balaban J connectivity index is 1.63. The maximum absolute atomic E-state index is 12.9. The van der Waals surface area contributed by atoms with Crippen LogP contribution in [0.25, 0.3) is 16.6 Å². The number of hydrogen-bond donors (Lipinski definition) is 1. The number of aromatic nitrogens is 3. The summed E-state index contributed by atoms with van der Waals surface area (Å²) in [5.41, 5.74) is 2.51. The molecule has 0 saturated carbocycles. The Morgan fingerprint density at radius 3 is 2.48 bits per heavy atom. The lowest BCUT2D eigenvalue weighted by Crippen LogP contribution is -2.24. The predicted octanol–water partition coefficient (Wildman–Crippen LogP) is 3.08. The van der Waals surface area contributed by atoms with Gasteiger partial charge in [-0.3, -0.25) is 14.3 Å². The number of nitrogens with one attached hydrogen (secondary N) is 1. The van der Waals surface area contributed by atoms with E-state index in [2.05, 4.69) is 5.32 Å².